The maximum Gasteiger partial charge on any atom is 0.192 e. The van der Waals surface area contributed by atoms with Gasteiger partial charge in [0.15, 0.2) is 14.1 Å². The Morgan fingerprint density at radius 1 is 1.22 bits per heavy atom. The highest BCUT2D eigenvalue weighted by Gasteiger charge is 2.47. The molecule has 0 radical (unpaired) electrons. The Morgan fingerprint density at radius 2 is 1.91 bits per heavy atom. The van der Waals surface area contributed by atoms with E-state index in [2.05, 4.69) is 79.8 Å². The quantitative estimate of drug-likeness (QED) is 0.297. The van der Waals surface area contributed by atoms with Gasteiger partial charge < -0.3 is 4.43 Å². The summed E-state index contributed by atoms with van der Waals surface area (Å²) in [5.41, 5.74) is 4.35. The summed E-state index contributed by atoms with van der Waals surface area (Å²) in [7, 11) is -1.81. The molecule has 3 aliphatic rings. The lowest BCUT2D eigenvalue weighted by Crippen LogP contribution is -2.45. The lowest BCUT2D eigenvalue weighted by Gasteiger charge is -2.41. The monoisotopic (exact) mass is 456 g/mol. The molecule has 0 bridgehead atoms. The molecule has 0 N–H and O–H groups in total. The molecule has 0 aromatic heterocycles. The molecule has 6 atom stereocenters. The minimum absolute atomic E-state index is 0.164. The van der Waals surface area contributed by atoms with Crippen molar-refractivity contribution in [3.63, 3.8) is 0 Å². The molecule has 0 heterocycles. The number of rotatable bonds is 6. The second kappa shape index (κ2) is 9.74. The van der Waals surface area contributed by atoms with E-state index in [4.69, 9.17) is 4.43 Å². The van der Waals surface area contributed by atoms with Gasteiger partial charge in [-0.1, -0.05) is 56.6 Å². The average molecular weight is 457 g/mol. The zero-order valence-electron chi connectivity index (χ0n) is 22.3. The second-order valence-corrected chi connectivity index (χ2v) is 17.5. The fourth-order valence-corrected chi connectivity index (χ4v) is 7.53. The van der Waals surface area contributed by atoms with Gasteiger partial charge in [-0.25, -0.2) is 0 Å². The topological polar surface area (TPSA) is 26.3 Å². The average Bonchev–Trinajstić information content (AvgIpc) is 3.17. The van der Waals surface area contributed by atoms with Crippen LogP contribution >= 0.6 is 0 Å². The molecule has 2 nitrogen and oxygen atoms in total. The summed E-state index contributed by atoms with van der Waals surface area (Å²) >= 11 is 0. The van der Waals surface area contributed by atoms with Crippen LogP contribution in [0.4, 0.5) is 0 Å². The van der Waals surface area contributed by atoms with Gasteiger partial charge in [0.05, 0.1) is 0 Å². The highest BCUT2D eigenvalue weighted by atomic mass is 28.4. The van der Waals surface area contributed by atoms with Gasteiger partial charge in [0.2, 0.25) is 0 Å². The molecule has 0 amide bonds. The third kappa shape index (κ3) is 5.41. The zero-order chi connectivity index (χ0) is 23.8. The number of fused-ring (bicyclic) bond motifs is 2. The number of carbonyl (C=O) groups excluding carboxylic acids is 1. The molecule has 32 heavy (non-hydrogen) atoms. The molecule has 0 spiro atoms. The predicted octanol–water partition coefficient (Wildman–Crippen LogP) is 8.27. The fourth-order valence-electron chi connectivity index (χ4n) is 6.12. The molecule has 1 fully saturated rings. The number of allylic oxidation sites excluding steroid dienone is 6. The van der Waals surface area contributed by atoms with Crippen molar-refractivity contribution in [1.82, 2.24) is 0 Å². The van der Waals surface area contributed by atoms with Gasteiger partial charge in [0.25, 0.3) is 0 Å². The molecule has 0 aromatic rings. The highest BCUT2D eigenvalue weighted by molar-refractivity contribution is 6.74. The summed E-state index contributed by atoms with van der Waals surface area (Å²) in [5.74, 6) is 2.53. The lowest BCUT2D eigenvalue weighted by molar-refractivity contribution is -0.119. The maximum atomic E-state index is 13.2. The number of carbonyl (C=O) groups is 1. The number of ketones is 1. The summed E-state index contributed by atoms with van der Waals surface area (Å²) in [6.07, 6.45) is 13.9. The van der Waals surface area contributed by atoms with Crippen LogP contribution in [0, 0.1) is 29.6 Å². The third-order valence-corrected chi connectivity index (χ3v) is 13.6. The van der Waals surface area contributed by atoms with E-state index in [9.17, 15) is 4.79 Å². The van der Waals surface area contributed by atoms with Crippen LogP contribution in [0.15, 0.2) is 34.9 Å². The van der Waals surface area contributed by atoms with Crippen LogP contribution in [0.1, 0.15) is 87.0 Å². The first-order chi connectivity index (χ1) is 14.8. The van der Waals surface area contributed by atoms with E-state index in [1.165, 1.54) is 24.0 Å². The standard InChI is InChI=1S/C29H48O2Si/c1-19(2)11-10-12-21(4)28-24-14-13-20(3)23-15-16-27(31-32(8,9)29(5,6)7)25(23)17-22(24)18-26(28)30/h11,13,18,21,23-25,27-28H,10,12,14-17H2,1-9H3/b20-13-/t21-,23+,24+,25-,27-,28+/m0/s1. The summed E-state index contributed by atoms with van der Waals surface area (Å²) in [4.78, 5) is 13.2. The Labute approximate surface area is 199 Å². The smallest absolute Gasteiger partial charge is 0.192 e. The largest absolute Gasteiger partial charge is 0.414 e. The molecule has 0 aromatic carbocycles. The number of hydrogen-bond acceptors (Lipinski definition) is 2. The van der Waals surface area contributed by atoms with Crippen LogP contribution in [0.2, 0.25) is 18.1 Å². The van der Waals surface area contributed by atoms with E-state index >= 15 is 0 Å². The lowest BCUT2D eigenvalue weighted by atomic mass is 9.72. The van der Waals surface area contributed by atoms with Gasteiger partial charge in [-0.3, -0.25) is 4.79 Å². The first kappa shape index (κ1) is 25.7. The fraction of sp³-hybridized carbons (Fsp3) is 0.759. The van der Waals surface area contributed by atoms with Crippen LogP contribution in [-0.2, 0) is 9.22 Å². The van der Waals surface area contributed by atoms with E-state index in [-0.39, 0.29) is 11.0 Å². The van der Waals surface area contributed by atoms with Gasteiger partial charge >= 0.3 is 0 Å². The van der Waals surface area contributed by atoms with Crippen molar-refractivity contribution in [3.8, 4) is 0 Å². The molecule has 1 saturated carbocycles. The van der Waals surface area contributed by atoms with Gasteiger partial charge in [-0.2, -0.15) is 0 Å². The first-order valence-electron chi connectivity index (χ1n) is 13.0. The van der Waals surface area contributed by atoms with E-state index in [1.807, 2.05) is 0 Å². The normalized spacial score (nSPS) is 33.4. The first-order valence-corrected chi connectivity index (χ1v) is 15.9. The second-order valence-electron chi connectivity index (χ2n) is 12.7. The molecular weight excluding hydrogens is 408 g/mol. The molecule has 3 rings (SSSR count). The van der Waals surface area contributed by atoms with Crippen molar-refractivity contribution in [2.24, 2.45) is 29.6 Å². The summed E-state index contributed by atoms with van der Waals surface area (Å²) in [6, 6.07) is 0. The summed E-state index contributed by atoms with van der Waals surface area (Å²) in [5, 5.41) is 0.231. The maximum absolute atomic E-state index is 13.2. The minimum atomic E-state index is -1.81. The molecule has 3 aliphatic carbocycles. The molecule has 180 valence electrons. The molecular formula is C29H48O2Si. The predicted molar refractivity (Wildman–Crippen MR) is 139 cm³/mol. The van der Waals surface area contributed by atoms with Crippen molar-refractivity contribution in [3.05, 3.63) is 34.9 Å². The van der Waals surface area contributed by atoms with E-state index in [0.29, 0.717) is 35.6 Å². The van der Waals surface area contributed by atoms with Gasteiger partial charge in [0, 0.05) is 12.0 Å². The van der Waals surface area contributed by atoms with Crippen molar-refractivity contribution in [2.75, 3.05) is 0 Å². The van der Waals surface area contributed by atoms with E-state index in [0.717, 1.165) is 25.7 Å². The Morgan fingerprint density at radius 3 is 2.53 bits per heavy atom. The van der Waals surface area contributed by atoms with Gasteiger partial charge in [0.1, 0.15) is 0 Å². The molecule has 0 aliphatic heterocycles. The molecule has 3 heteroatoms. The van der Waals surface area contributed by atoms with Crippen LogP contribution in [-0.4, -0.2) is 20.2 Å². The van der Waals surface area contributed by atoms with Crippen molar-refractivity contribution in [1.29, 1.82) is 0 Å². The van der Waals surface area contributed by atoms with Crippen LogP contribution < -0.4 is 0 Å². The summed E-state index contributed by atoms with van der Waals surface area (Å²) in [6.45, 7) is 20.7. The highest BCUT2D eigenvalue weighted by Crippen LogP contribution is 2.51. The zero-order valence-corrected chi connectivity index (χ0v) is 23.3. The Bertz CT molecular complexity index is 790. The van der Waals surface area contributed by atoms with Crippen molar-refractivity contribution < 1.29 is 9.22 Å². The van der Waals surface area contributed by atoms with Crippen LogP contribution in [0.25, 0.3) is 0 Å². The third-order valence-electron chi connectivity index (χ3n) is 9.11. The van der Waals surface area contributed by atoms with Crippen molar-refractivity contribution >= 4 is 14.1 Å². The van der Waals surface area contributed by atoms with Crippen LogP contribution in [0.3, 0.4) is 0 Å². The van der Waals surface area contributed by atoms with Crippen LogP contribution in [0.5, 0.6) is 0 Å². The van der Waals surface area contributed by atoms with Gasteiger partial charge in [-0.05, 0) is 107 Å². The Hall–Kier alpha value is -0.933. The van der Waals surface area contributed by atoms with Gasteiger partial charge in [-0.15, -0.1) is 0 Å². The minimum Gasteiger partial charge on any atom is -0.414 e. The molecule has 0 saturated heterocycles. The molecule has 0 unspecified atom stereocenters. The Kier molecular flexibility index (Phi) is 7.82. The number of hydrogen-bond donors (Lipinski definition) is 0. The SMILES string of the molecule is CC(C)=CCC[C@H](C)[C@H]1C(=O)C=C2C[C@@H]3[C@@H](O[Si](C)(C)C(C)(C)C)CC[C@@H]3/C(C)=C\C[C@H]21. The van der Waals surface area contributed by atoms with E-state index in [1.54, 1.807) is 5.57 Å². The summed E-state index contributed by atoms with van der Waals surface area (Å²) < 4.78 is 7.00. The van der Waals surface area contributed by atoms with Crippen molar-refractivity contribution in [2.45, 2.75) is 111 Å². The van der Waals surface area contributed by atoms with E-state index < -0.39 is 8.32 Å². The Balaban J connectivity index is 1.80.